The molecule has 2 N–H and O–H groups in total. The lowest BCUT2D eigenvalue weighted by molar-refractivity contribution is 0.361. The fraction of sp³-hybridized carbons (Fsp3) is 0.423. The molecular formula is C26H37ClN5O4PS. The van der Waals surface area contributed by atoms with Crippen molar-refractivity contribution in [2.24, 2.45) is 4.99 Å². The smallest absolute Gasteiger partial charge is 0.244 e. The molecule has 9 nitrogen and oxygen atoms in total. The van der Waals surface area contributed by atoms with Crippen molar-refractivity contribution >= 4 is 51.3 Å². The van der Waals surface area contributed by atoms with Crippen molar-refractivity contribution < 1.29 is 17.7 Å². The van der Waals surface area contributed by atoms with Gasteiger partial charge in [-0.2, -0.15) is 0 Å². The summed E-state index contributed by atoms with van der Waals surface area (Å²) in [6.45, 7) is 5.24. The van der Waals surface area contributed by atoms with Crippen molar-refractivity contribution in [2.75, 3.05) is 64.3 Å². The number of hydrogen-bond donors (Lipinski definition) is 2. The molecule has 1 unspecified atom stereocenters. The fourth-order valence-electron chi connectivity index (χ4n) is 4.06. The lowest BCUT2D eigenvalue weighted by Crippen LogP contribution is -2.34. The summed E-state index contributed by atoms with van der Waals surface area (Å²) in [7, 11) is 0.418. The van der Waals surface area contributed by atoms with Crippen LogP contribution in [0.2, 0.25) is 0 Å². The van der Waals surface area contributed by atoms with Crippen molar-refractivity contribution in [1.82, 2.24) is 9.21 Å². The maximum absolute atomic E-state index is 13.5. The Labute approximate surface area is 231 Å². The van der Waals surface area contributed by atoms with E-state index in [1.54, 1.807) is 38.3 Å². The number of hydrogen-bond acceptors (Lipinski definition) is 7. The molecule has 1 atom stereocenters. The van der Waals surface area contributed by atoms with Gasteiger partial charge in [-0.1, -0.05) is 29.8 Å². The van der Waals surface area contributed by atoms with Crippen molar-refractivity contribution in [3.63, 3.8) is 0 Å². The van der Waals surface area contributed by atoms with Gasteiger partial charge in [-0.15, -0.1) is 0 Å². The third kappa shape index (κ3) is 6.98. The standard InChI is InChI=1S/C26H37ClN5O4PS/c1-7-21(27)26(30-23-10-8-9-11-25(23)38(34,35)31(3)4)29-19(2)28-22-13-12-20(18-24(22)36-6)37(33)16-14-32(5)15-17-37/h7-13,18-19,28H,14-17H2,1-6H3,(H,29,30)/b21-7+. The average molecular weight is 582 g/mol. The second-order valence-corrected chi connectivity index (χ2v) is 15.1. The molecule has 0 bridgehead atoms. The maximum Gasteiger partial charge on any atom is 0.244 e. The van der Waals surface area contributed by atoms with Crippen LogP contribution in [0.5, 0.6) is 5.75 Å². The van der Waals surface area contributed by atoms with Gasteiger partial charge in [-0.05, 0) is 51.2 Å². The molecule has 208 valence electrons. The highest BCUT2D eigenvalue weighted by Crippen LogP contribution is 2.47. The lowest BCUT2D eigenvalue weighted by atomic mass is 10.3. The van der Waals surface area contributed by atoms with Crippen LogP contribution in [0.3, 0.4) is 0 Å². The van der Waals surface area contributed by atoms with Gasteiger partial charge in [0.15, 0.2) is 0 Å². The summed E-state index contributed by atoms with van der Waals surface area (Å²) in [5.41, 5.74) is 1.05. The molecule has 0 saturated carbocycles. The van der Waals surface area contributed by atoms with Crippen LogP contribution in [0, 0.1) is 0 Å². The monoisotopic (exact) mass is 581 g/mol. The van der Waals surface area contributed by atoms with E-state index >= 15 is 0 Å². The Kier molecular flexibility index (Phi) is 10.1. The van der Waals surface area contributed by atoms with E-state index in [9.17, 15) is 13.0 Å². The molecule has 1 heterocycles. The SMILES string of the molecule is C/C=C(/Cl)C(=NC(C)Nc1ccc(P2(=O)CCN(C)CC2)cc1OC)Nc1ccccc1S(=O)(=O)N(C)C. The number of anilines is 2. The summed E-state index contributed by atoms with van der Waals surface area (Å²) < 4.78 is 46.0. The molecule has 1 saturated heterocycles. The zero-order chi connectivity index (χ0) is 28.1. The zero-order valence-corrected chi connectivity index (χ0v) is 25.2. The normalized spacial score (nSPS) is 17.8. The largest absolute Gasteiger partial charge is 0.495 e. The number of para-hydroxylation sites is 1. The molecule has 12 heteroatoms. The number of halogens is 1. The second-order valence-electron chi connectivity index (χ2n) is 9.37. The second kappa shape index (κ2) is 12.7. The minimum absolute atomic E-state index is 0.111. The molecule has 1 aliphatic heterocycles. The highest BCUT2D eigenvalue weighted by molar-refractivity contribution is 7.89. The Morgan fingerprint density at radius 2 is 1.84 bits per heavy atom. The van der Waals surface area contributed by atoms with Gasteiger partial charge in [-0.25, -0.2) is 17.7 Å². The average Bonchev–Trinajstić information content (AvgIpc) is 2.89. The fourth-order valence-corrected chi connectivity index (χ4v) is 7.96. The van der Waals surface area contributed by atoms with Crippen molar-refractivity contribution in [3.05, 3.63) is 53.6 Å². The van der Waals surface area contributed by atoms with Gasteiger partial charge >= 0.3 is 0 Å². The summed E-state index contributed by atoms with van der Waals surface area (Å²) in [4.78, 5) is 6.99. The number of ether oxygens (including phenoxy) is 1. The Bertz CT molecular complexity index is 1350. The molecule has 38 heavy (non-hydrogen) atoms. The van der Waals surface area contributed by atoms with E-state index in [1.807, 2.05) is 32.2 Å². The predicted molar refractivity (Wildman–Crippen MR) is 159 cm³/mol. The van der Waals surface area contributed by atoms with E-state index in [4.69, 9.17) is 16.3 Å². The van der Waals surface area contributed by atoms with E-state index in [0.717, 1.165) is 22.7 Å². The molecule has 2 aromatic carbocycles. The highest BCUT2D eigenvalue weighted by atomic mass is 35.5. The number of nitrogens with one attached hydrogen (secondary N) is 2. The minimum Gasteiger partial charge on any atom is -0.495 e. The molecule has 0 aliphatic carbocycles. The molecule has 0 amide bonds. The molecule has 0 radical (unpaired) electrons. The summed E-state index contributed by atoms with van der Waals surface area (Å²) in [5, 5.41) is 7.56. The Hall–Kier alpha value is -2.36. The lowest BCUT2D eigenvalue weighted by Gasteiger charge is -2.30. The third-order valence-electron chi connectivity index (χ3n) is 6.41. The number of amidine groups is 1. The van der Waals surface area contributed by atoms with Crippen LogP contribution in [-0.4, -0.2) is 83.3 Å². The molecule has 0 aromatic heterocycles. The molecule has 0 spiro atoms. The molecular weight excluding hydrogens is 545 g/mol. The van der Waals surface area contributed by atoms with E-state index in [-0.39, 0.29) is 4.90 Å². The zero-order valence-electron chi connectivity index (χ0n) is 22.7. The van der Waals surface area contributed by atoms with Crippen LogP contribution in [0.15, 0.2) is 63.5 Å². The first-order valence-electron chi connectivity index (χ1n) is 12.3. The number of allylic oxidation sites excluding steroid dienone is 1. The summed E-state index contributed by atoms with van der Waals surface area (Å²) in [6.07, 6.45) is 2.52. The van der Waals surface area contributed by atoms with Gasteiger partial charge < -0.3 is 24.8 Å². The Morgan fingerprint density at radius 3 is 2.45 bits per heavy atom. The number of rotatable bonds is 9. The van der Waals surface area contributed by atoms with Crippen LogP contribution in [0.4, 0.5) is 11.4 Å². The minimum atomic E-state index is -3.70. The van der Waals surface area contributed by atoms with Crippen LogP contribution in [-0.2, 0) is 14.6 Å². The van der Waals surface area contributed by atoms with Gasteiger partial charge in [0.2, 0.25) is 10.0 Å². The van der Waals surface area contributed by atoms with Crippen molar-refractivity contribution in [1.29, 1.82) is 0 Å². The van der Waals surface area contributed by atoms with Crippen LogP contribution < -0.4 is 20.7 Å². The first-order valence-corrected chi connectivity index (χ1v) is 16.2. The van der Waals surface area contributed by atoms with Gasteiger partial charge in [0, 0.05) is 44.8 Å². The van der Waals surface area contributed by atoms with Crippen LogP contribution >= 0.6 is 18.7 Å². The van der Waals surface area contributed by atoms with Crippen LogP contribution in [0.25, 0.3) is 0 Å². The molecule has 1 fully saturated rings. The predicted octanol–water partition coefficient (Wildman–Crippen LogP) is 4.29. The van der Waals surface area contributed by atoms with E-state index in [1.165, 1.54) is 20.2 Å². The number of sulfonamides is 1. The number of benzene rings is 2. The highest BCUT2D eigenvalue weighted by Gasteiger charge is 2.30. The van der Waals surface area contributed by atoms with Gasteiger partial charge in [0.05, 0.1) is 23.5 Å². The van der Waals surface area contributed by atoms with Crippen molar-refractivity contribution in [2.45, 2.75) is 24.9 Å². The topological polar surface area (TPSA) is 103 Å². The van der Waals surface area contributed by atoms with Gasteiger partial charge in [-0.3, -0.25) is 0 Å². The summed E-state index contributed by atoms with van der Waals surface area (Å²) >= 11 is 6.47. The van der Waals surface area contributed by atoms with E-state index in [2.05, 4.69) is 20.5 Å². The quantitative estimate of drug-likeness (QED) is 0.259. The van der Waals surface area contributed by atoms with E-state index < -0.39 is 23.3 Å². The molecule has 3 rings (SSSR count). The number of nitrogens with zero attached hydrogens (tertiary/aromatic N) is 3. The van der Waals surface area contributed by atoms with Crippen LogP contribution in [0.1, 0.15) is 13.8 Å². The first-order chi connectivity index (χ1) is 17.9. The van der Waals surface area contributed by atoms with E-state index in [0.29, 0.717) is 40.3 Å². The Morgan fingerprint density at radius 1 is 1.18 bits per heavy atom. The summed E-state index contributed by atoms with van der Waals surface area (Å²) in [6, 6.07) is 12.2. The summed E-state index contributed by atoms with van der Waals surface area (Å²) in [5.74, 6) is 0.884. The maximum atomic E-state index is 13.5. The number of methoxy groups -OCH3 is 1. The van der Waals surface area contributed by atoms with Crippen molar-refractivity contribution in [3.8, 4) is 5.75 Å². The molecule has 2 aromatic rings. The Balaban J connectivity index is 1.88. The first kappa shape index (κ1) is 30.2. The van der Waals surface area contributed by atoms with Gasteiger partial charge in [0.1, 0.15) is 29.8 Å². The van der Waals surface area contributed by atoms with Gasteiger partial charge in [0.25, 0.3) is 0 Å². The third-order valence-corrected chi connectivity index (χ3v) is 11.7. The number of aliphatic imine (C=N–C) groups is 1. The molecule has 1 aliphatic rings.